The van der Waals surface area contributed by atoms with Crippen LogP contribution in [0.1, 0.15) is 24.5 Å². The van der Waals surface area contributed by atoms with Gasteiger partial charge in [0, 0.05) is 11.6 Å². The number of hydrogen-bond acceptors (Lipinski definition) is 4. The second kappa shape index (κ2) is 9.98. The Balaban J connectivity index is 1.98. The van der Waals surface area contributed by atoms with Crippen LogP contribution >= 0.6 is 11.6 Å². The number of rotatable bonds is 9. The second-order valence-electron chi connectivity index (χ2n) is 6.91. The van der Waals surface area contributed by atoms with E-state index in [-0.39, 0.29) is 5.91 Å². The van der Waals surface area contributed by atoms with Crippen molar-refractivity contribution in [2.24, 2.45) is 0 Å². The maximum Gasteiger partial charge on any atom is 0.243 e. The number of aryl methyl sites for hydroxylation is 2. The van der Waals surface area contributed by atoms with Crippen molar-refractivity contribution in [3.05, 3.63) is 58.6 Å². The Morgan fingerprint density at radius 1 is 1.21 bits per heavy atom. The Morgan fingerprint density at radius 2 is 1.86 bits per heavy atom. The third kappa shape index (κ3) is 6.37. The molecule has 0 saturated heterocycles. The van der Waals surface area contributed by atoms with E-state index in [4.69, 9.17) is 16.3 Å². The van der Waals surface area contributed by atoms with E-state index in [2.05, 4.69) is 5.32 Å². The van der Waals surface area contributed by atoms with Crippen LogP contribution in [0.25, 0.3) is 0 Å². The quantitative estimate of drug-likeness (QED) is 0.607. The molecule has 0 aliphatic heterocycles. The molecule has 2 rings (SSSR count). The summed E-state index contributed by atoms with van der Waals surface area (Å²) in [5.74, 6) is 0.440. The van der Waals surface area contributed by atoms with Gasteiger partial charge in [-0.25, -0.2) is 8.42 Å². The molecule has 0 unspecified atom stereocenters. The summed E-state index contributed by atoms with van der Waals surface area (Å²) in [5, 5.41) is 3.27. The Kier molecular flexibility index (Phi) is 7.93. The lowest BCUT2D eigenvalue weighted by molar-refractivity contribution is -0.121. The molecule has 6 nitrogen and oxygen atoms in total. The number of anilines is 1. The van der Waals surface area contributed by atoms with Crippen molar-refractivity contribution in [1.29, 1.82) is 0 Å². The zero-order chi connectivity index (χ0) is 21.6. The van der Waals surface area contributed by atoms with Gasteiger partial charge >= 0.3 is 0 Å². The number of nitrogens with one attached hydrogen (secondary N) is 1. The molecule has 1 atom stereocenters. The lowest BCUT2D eigenvalue weighted by atomic mass is 10.1. The zero-order valence-electron chi connectivity index (χ0n) is 17.1. The molecule has 1 N–H and O–H groups in total. The first-order chi connectivity index (χ1) is 13.6. The van der Waals surface area contributed by atoms with Crippen molar-refractivity contribution in [3.63, 3.8) is 0 Å². The Bertz CT molecular complexity index is 946. The second-order valence-corrected chi connectivity index (χ2v) is 9.18. The molecule has 0 spiro atoms. The lowest BCUT2D eigenvalue weighted by Gasteiger charge is -2.28. The van der Waals surface area contributed by atoms with Crippen LogP contribution in [0.4, 0.5) is 5.69 Å². The van der Waals surface area contributed by atoms with Gasteiger partial charge in [0.15, 0.2) is 0 Å². The summed E-state index contributed by atoms with van der Waals surface area (Å²) in [6.45, 7) is 3.84. The Morgan fingerprint density at radius 3 is 2.41 bits per heavy atom. The molecular formula is C21H27ClN2O4S. The minimum atomic E-state index is -3.67. The maximum atomic E-state index is 12.6. The molecule has 0 radical (unpaired) electrons. The van der Waals surface area contributed by atoms with Crippen molar-refractivity contribution in [2.75, 3.05) is 24.2 Å². The van der Waals surface area contributed by atoms with Gasteiger partial charge in [0.2, 0.25) is 15.9 Å². The standard InChI is InChI=1S/C21H27ClN2O4S/c1-15-7-10-18(14-20(15)22)24(29(4,26)27)16(2)21(25)23-13-5-6-17-8-11-19(28-3)12-9-17/h7-12,14,16H,5-6,13H2,1-4H3,(H,23,25)/t16-/m0/s1. The number of hydrogen-bond donors (Lipinski definition) is 1. The first-order valence-electron chi connectivity index (χ1n) is 9.29. The predicted molar refractivity (Wildman–Crippen MR) is 117 cm³/mol. The molecule has 0 aromatic heterocycles. The largest absolute Gasteiger partial charge is 0.497 e. The van der Waals surface area contributed by atoms with Gasteiger partial charge in [-0.3, -0.25) is 9.10 Å². The van der Waals surface area contributed by atoms with E-state index >= 15 is 0 Å². The molecule has 0 aliphatic carbocycles. The fourth-order valence-electron chi connectivity index (χ4n) is 2.97. The lowest BCUT2D eigenvalue weighted by Crippen LogP contribution is -2.48. The van der Waals surface area contributed by atoms with Gasteiger partial charge in [-0.15, -0.1) is 0 Å². The molecule has 8 heteroatoms. The number of carbonyl (C=O) groups is 1. The van der Waals surface area contributed by atoms with Crippen LogP contribution in [0.2, 0.25) is 5.02 Å². The highest BCUT2D eigenvalue weighted by Gasteiger charge is 2.29. The van der Waals surface area contributed by atoms with E-state index < -0.39 is 16.1 Å². The summed E-state index contributed by atoms with van der Waals surface area (Å²) < 4.78 is 30.9. The third-order valence-electron chi connectivity index (χ3n) is 4.60. The zero-order valence-corrected chi connectivity index (χ0v) is 18.7. The summed E-state index contributed by atoms with van der Waals surface area (Å²) in [4.78, 5) is 12.6. The Hall–Kier alpha value is -2.25. The highest BCUT2D eigenvalue weighted by molar-refractivity contribution is 7.92. The summed E-state index contributed by atoms with van der Waals surface area (Å²) in [6.07, 6.45) is 2.61. The summed E-state index contributed by atoms with van der Waals surface area (Å²) in [5.41, 5.74) is 2.34. The molecule has 0 heterocycles. The molecular weight excluding hydrogens is 412 g/mol. The van der Waals surface area contributed by atoms with Crippen LogP contribution in [0.15, 0.2) is 42.5 Å². The summed E-state index contributed by atoms with van der Waals surface area (Å²) >= 11 is 6.14. The van der Waals surface area contributed by atoms with Crippen molar-refractivity contribution in [3.8, 4) is 5.75 Å². The van der Waals surface area contributed by atoms with E-state index in [0.29, 0.717) is 17.3 Å². The van der Waals surface area contributed by atoms with Gasteiger partial charge in [0.05, 0.1) is 19.1 Å². The van der Waals surface area contributed by atoms with E-state index in [9.17, 15) is 13.2 Å². The number of halogens is 1. The molecule has 2 aromatic carbocycles. The van der Waals surface area contributed by atoms with Crippen molar-refractivity contribution >= 4 is 33.2 Å². The fourth-order valence-corrected chi connectivity index (χ4v) is 4.31. The molecule has 29 heavy (non-hydrogen) atoms. The minimum Gasteiger partial charge on any atom is -0.497 e. The topological polar surface area (TPSA) is 75.7 Å². The average molecular weight is 439 g/mol. The minimum absolute atomic E-state index is 0.359. The molecule has 0 bridgehead atoms. The van der Waals surface area contributed by atoms with Crippen LogP contribution in [-0.4, -0.2) is 40.3 Å². The smallest absolute Gasteiger partial charge is 0.243 e. The fraction of sp³-hybridized carbons (Fsp3) is 0.381. The van der Waals surface area contributed by atoms with Crippen molar-refractivity contribution in [2.45, 2.75) is 32.7 Å². The molecule has 2 aromatic rings. The van der Waals surface area contributed by atoms with Gasteiger partial charge in [-0.1, -0.05) is 29.8 Å². The van der Waals surface area contributed by atoms with E-state index in [1.54, 1.807) is 32.2 Å². The van der Waals surface area contributed by atoms with Crippen molar-refractivity contribution in [1.82, 2.24) is 5.32 Å². The van der Waals surface area contributed by atoms with Crippen LogP contribution < -0.4 is 14.4 Å². The molecule has 0 aliphatic rings. The number of sulfonamides is 1. The van der Waals surface area contributed by atoms with Crippen LogP contribution in [0, 0.1) is 6.92 Å². The van der Waals surface area contributed by atoms with Gasteiger partial charge < -0.3 is 10.1 Å². The normalized spacial score (nSPS) is 12.3. The van der Waals surface area contributed by atoms with E-state index in [1.165, 1.54) is 0 Å². The SMILES string of the molecule is COc1ccc(CCCNC(=O)[C@H](C)N(c2ccc(C)c(Cl)c2)S(C)(=O)=O)cc1. The number of nitrogens with zero attached hydrogens (tertiary/aromatic N) is 1. The van der Waals surface area contributed by atoms with Gasteiger partial charge in [0.25, 0.3) is 0 Å². The van der Waals surface area contributed by atoms with Gasteiger partial charge in [-0.2, -0.15) is 0 Å². The predicted octanol–water partition coefficient (Wildman–Crippen LogP) is 3.56. The summed E-state index contributed by atoms with van der Waals surface area (Å²) in [7, 11) is -2.05. The molecule has 1 amide bonds. The van der Waals surface area contributed by atoms with Gasteiger partial charge in [-0.05, 0) is 62.1 Å². The van der Waals surface area contributed by atoms with Crippen LogP contribution in [0.3, 0.4) is 0 Å². The highest BCUT2D eigenvalue weighted by atomic mass is 35.5. The van der Waals surface area contributed by atoms with Gasteiger partial charge in [0.1, 0.15) is 11.8 Å². The average Bonchev–Trinajstić information content (AvgIpc) is 2.67. The maximum absolute atomic E-state index is 12.6. The Labute approximate surface area is 177 Å². The van der Waals surface area contributed by atoms with Crippen molar-refractivity contribution < 1.29 is 17.9 Å². The number of amides is 1. The van der Waals surface area contributed by atoms with E-state index in [1.807, 2.05) is 31.2 Å². The molecule has 0 fully saturated rings. The number of carbonyl (C=O) groups excluding carboxylic acids is 1. The third-order valence-corrected chi connectivity index (χ3v) is 6.25. The highest BCUT2D eigenvalue weighted by Crippen LogP contribution is 2.26. The van der Waals surface area contributed by atoms with Crippen LogP contribution in [-0.2, 0) is 21.2 Å². The van der Waals surface area contributed by atoms with Crippen LogP contribution in [0.5, 0.6) is 5.75 Å². The first-order valence-corrected chi connectivity index (χ1v) is 11.5. The first kappa shape index (κ1) is 23.0. The molecule has 0 saturated carbocycles. The monoisotopic (exact) mass is 438 g/mol. The van der Waals surface area contributed by atoms with E-state index in [0.717, 1.165) is 40.3 Å². The summed E-state index contributed by atoms with van der Waals surface area (Å²) in [6, 6.07) is 11.8. The molecule has 158 valence electrons. The number of methoxy groups -OCH3 is 1. The number of benzene rings is 2. The number of ether oxygens (including phenoxy) is 1.